The molecular weight excluding hydrogens is 679 g/mol. The molecule has 5 nitrogen and oxygen atoms in total. The molecule has 0 bridgehead atoms. The number of furan rings is 1. The number of carbonyl (C=O) groups is 1. The van der Waals surface area contributed by atoms with Gasteiger partial charge in [-0.1, -0.05) is 85.7 Å². The molecule has 0 aliphatic carbocycles. The molecule has 2 aromatic carbocycles. The number of fused-ring (bicyclic) bond motifs is 1. The van der Waals surface area contributed by atoms with E-state index in [9.17, 15) is 9.90 Å². The molecule has 1 radical (unpaired) electrons. The monoisotopic (exact) mass is 719 g/mol. The molecular formula is C34H40IrNO4-. The maximum atomic E-state index is 11.8. The summed E-state index contributed by atoms with van der Waals surface area (Å²) in [6, 6.07) is 21.0. The predicted octanol–water partition coefficient (Wildman–Crippen LogP) is 9.57. The van der Waals surface area contributed by atoms with Crippen LogP contribution in [0.2, 0.25) is 0 Å². The van der Waals surface area contributed by atoms with Gasteiger partial charge in [-0.25, -0.2) is 4.98 Å². The maximum absolute atomic E-state index is 11.8. The number of aliphatic hydroxyl groups is 1. The first kappa shape index (κ1) is 33.0. The Morgan fingerprint density at radius 3 is 2.25 bits per heavy atom. The summed E-state index contributed by atoms with van der Waals surface area (Å²) in [7, 11) is 0. The molecule has 2 heterocycles. The van der Waals surface area contributed by atoms with E-state index in [1.54, 1.807) is 6.20 Å². The van der Waals surface area contributed by atoms with Crippen molar-refractivity contribution in [1.29, 1.82) is 0 Å². The van der Waals surface area contributed by atoms with Crippen LogP contribution in [0.15, 0.2) is 77.0 Å². The molecule has 0 fully saturated rings. The zero-order valence-corrected chi connectivity index (χ0v) is 27.1. The van der Waals surface area contributed by atoms with E-state index < -0.39 is 0 Å². The Kier molecular flexibility index (Phi) is 11.5. The minimum atomic E-state index is -0.377. The molecule has 0 unspecified atom stereocenters. The Hall–Kier alpha value is -3.21. The number of carbonyl (C=O) groups excluding carboxylic acids is 1. The fraction of sp³-hybridized carbons (Fsp3) is 0.353. The smallest absolute Gasteiger partial charge is 0.220 e. The number of nitrogens with zero attached hydrogens (tertiary/aromatic N) is 1. The maximum Gasteiger partial charge on any atom is 0.220 e. The quantitative estimate of drug-likeness (QED) is 0.112. The zero-order valence-electron chi connectivity index (χ0n) is 24.7. The number of rotatable bonds is 8. The van der Waals surface area contributed by atoms with E-state index in [4.69, 9.17) is 9.15 Å². The third-order valence-corrected chi connectivity index (χ3v) is 7.17. The van der Waals surface area contributed by atoms with Gasteiger partial charge in [-0.05, 0) is 18.9 Å². The Labute approximate surface area is 252 Å². The van der Waals surface area contributed by atoms with Gasteiger partial charge in [-0.3, -0.25) is 4.79 Å². The summed E-state index contributed by atoms with van der Waals surface area (Å²) in [5.41, 5.74) is 3.28. The van der Waals surface area contributed by atoms with Crippen LogP contribution in [0.5, 0.6) is 11.6 Å². The molecule has 215 valence electrons. The molecule has 6 heteroatoms. The molecule has 0 aliphatic rings. The van der Waals surface area contributed by atoms with Crippen LogP contribution in [0.4, 0.5) is 0 Å². The van der Waals surface area contributed by atoms with Crippen LogP contribution < -0.4 is 4.74 Å². The Balaban J connectivity index is 0.000000307. The van der Waals surface area contributed by atoms with Gasteiger partial charge >= 0.3 is 0 Å². The van der Waals surface area contributed by atoms with Gasteiger partial charge < -0.3 is 14.3 Å². The van der Waals surface area contributed by atoms with Crippen LogP contribution in [0.1, 0.15) is 65.5 Å². The van der Waals surface area contributed by atoms with Crippen LogP contribution >= 0.6 is 0 Å². The molecule has 4 aromatic rings. The number of aromatic nitrogens is 1. The fourth-order valence-corrected chi connectivity index (χ4v) is 3.61. The van der Waals surface area contributed by atoms with Crippen molar-refractivity contribution in [2.75, 3.05) is 0 Å². The number of ketones is 1. The van der Waals surface area contributed by atoms with Crippen LogP contribution in [0.3, 0.4) is 0 Å². The molecule has 4 rings (SSSR count). The van der Waals surface area contributed by atoms with Crippen molar-refractivity contribution in [1.82, 2.24) is 4.98 Å². The molecule has 40 heavy (non-hydrogen) atoms. The van der Waals surface area contributed by atoms with E-state index in [0.29, 0.717) is 11.6 Å². The summed E-state index contributed by atoms with van der Waals surface area (Å²) in [4.78, 5) is 16.2. The Morgan fingerprint density at radius 2 is 1.65 bits per heavy atom. The van der Waals surface area contributed by atoms with Crippen molar-refractivity contribution in [3.63, 3.8) is 0 Å². The second-order valence-electron chi connectivity index (χ2n) is 11.2. The van der Waals surface area contributed by atoms with Gasteiger partial charge in [0.05, 0.1) is 0 Å². The van der Waals surface area contributed by atoms with Gasteiger partial charge in [0.15, 0.2) is 5.78 Å². The molecule has 0 aliphatic heterocycles. The first-order valence-electron chi connectivity index (χ1n) is 13.4. The van der Waals surface area contributed by atoms with Crippen molar-refractivity contribution in [2.24, 2.45) is 10.8 Å². The van der Waals surface area contributed by atoms with Crippen LogP contribution in [-0.2, 0) is 24.9 Å². The molecule has 2 aromatic heterocycles. The topological polar surface area (TPSA) is 72.6 Å². The Bertz CT molecular complexity index is 1430. The minimum absolute atomic E-state index is 0. The van der Waals surface area contributed by atoms with E-state index in [-0.39, 0.29) is 42.5 Å². The second-order valence-corrected chi connectivity index (χ2v) is 11.2. The van der Waals surface area contributed by atoms with Gasteiger partial charge in [-0.15, -0.1) is 12.1 Å². The number of hydrogen-bond acceptors (Lipinski definition) is 5. The van der Waals surface area contributed by atoms with Gasteiger partial charge in [0.1, 0.15) is 17.1 Å². The van der Waals surface area contributed by atoms with Gasteiger partial charge in [0.25, 0.3) is 0 Å². The normalized spacial score (nSPS) is 11.8. The minimum Gasteiger partial charge on any atom is -0.512 e. The van der Waals surface area contributed by atoms with E-state index in [0.717, 1.165) is 46.3 Å². The van der Waals surface area contributed by atoms with Crippen LogP contribution in [0.25, 0.3) is 22.3 Å². The van der Waals surface area contributed by atoms with Crippen LogP contribution in [0, 0.1) is 30.7 Å². The Morgan fingerprint density at radius 1 is 1.00 bits per heavy atom. The summed E-state index contributed by atoms with van der Waals surface area (Å²) in [5.74, 6) is 2.18. The SMILES string of the molecule is CCC(C)(C)C(=O)/C=C(\O)C(C)(C)CC.Cc1[c-]c(Oc2cc3oc(-c4ccccc4)cc3cn2)cc(C)c1.[Ir]. The van der Waals surface area contributed by atoms with E-state index in [1.807, 2.05) is 104 Å². The standard InChI is InChI=1S/C21H16NO2.C13H24O2.Ir/c1-14-8-15(2)10-18(9-14)23-21-12-20-17(13-22-21)11-19(24-20)16-6-4-3-5-7-16;1-7-12(3,4)10(14)9-11(15)13(5,6)8-2;/h3-9,11-13H,1-2H3;9,14H,7-8H2,1-6H3;/q-1;;/b;10-9-;. The summed E-state index contributed by atoms with van der Waals surface area (Å²) in [6.07, 6.45) is 4.76. The van der Waals surface area contributed by atoms with E-state index >= 15 is 0 Å². The number of hydrogen-bond donors (Lipinski definition) is 1. The van der Waals surface area contributed by atoms with Gasteiger partial charge in [0.2, 0.25) is 5.88 Å². The van der Waals surface area contributed by atoms with Crippen LogP contribution in [-0.4, -0.2) is 15.9 Å². The summed E-state index contributed by atoms with van der Waals surface area (Å²) in [6.45, 7) is 15.7. The number of benzene rings is 2. The van der Waals surface area contributed by atoms with Crippen molar-refractivity contribution in [3.05, 3.63) is 89.8 Å². The van der Waals surface area contributed by atoms with Crippen molar-refractivity contribution in [2.45, 2.75) is 68.2 Å². The number of aryl methyl sites for hydroxylation is 2. The van der Waals surface area contributed by atoms with Crippen molar-refractivity contribution < 1.29 is 39.2 Å². The third kappa shape index (κ3) is 8.64. The molecule has 0 spiro atoms. The zero-order chi connectivity index (χ0) is 28.8. The van der Waals surface area contributed by atoms with Gasteiger partial charge in [0, 0.05) is 66.0 Å². The third-order valence-electron chi connectivity index (χ3n) is 7.17. The summed E-state index contributed by atoms with van der Waals surface area (Å²) in [5, 5.41) is 10.8. The van der Waals surface area contributed by atoms with Crippen molar-refractivity contribution >= 4 is 16.8 Å². The van der Waals surface area contributed by atoms with E-state index in [2.05, 4.69) is 17.1 Å². The summed E-state index contributed by atoms with van der Waals surface area (Å²) >= 11 is 0. The second kappa shape index (κ2) is 13.9. The summed E-state index contributed by atoms with van der Waals surface area (Å²) < 4.78 is 11.8. The molecule has 0 saturated heterocycles. The predicted molar refractivity (Wildman–Crippen MR) is 158 cm³/mol. The first-order chi connectivity index (χ1) is 18.3. The van der Waals surface area contributed by atoms with Gasteiger partial charge in [-0.2, -0.15) is 17.2 Å². The fourth-order valence-electron chi connectivity index (χ4n) is 3.61. The molecule has 1 N–H and O–H groups in total. The molecule has 0 atom stereocenters. The molecule has 0 amide bonds. The molecule has 0 saturated carbocycles. The van der Waals surface area contributed by atoms with Crippen molar-refractivity contribution in [3.8, 4) is 23.0 Å². The average Bonchev–Trinajstić information content (AvgIpc) is 3.32. The number of aliphatic hydroxyl groups excluding tert-OH is 1. The average molecular weight is 719 g/mol. The first-order valence-corrected chi connectivity index (χ1v) is 13.4. The van der Waals surface area contributed by atoms with E-state index in [1.165, 1.54) is 6.08 Å². The number of pyridine rings is 1. The largest absolute Gasteiger partial charge is 0.512 e. The number of ether oxygens (including phenoxy) is 1. The number of allylic oxidation sites excluding steroid dienone is 2.